The third-order valence-corrected chi connectivity index (χ3v) is 3.49. The molecule has 2 rings (SSSR count). The summed E-state index contributed by atoms with van der Waals surface area (Å²) in [6.45, 7) is 3.64. The first-order valence-corrected chi connectivity index (χ1v) is 7.72. The van der Waals surface area contributed by atoms with Crippen LogP contribution in [0.1, 0.15) is 23.7 Å². The molecule has 0 saturated heterocycles. The van der Waals surface area contributed by atoms with E-state index < -0.39 is 0 Å². The fourth-order valence-corrected chi connectivity index (χ4v) is 2.62. The van der Waals surface area contributed by atoms with Crippen LogP contribution < -0.4 is 0 Å². The molecule has 19 heavy (non-hydrogen) atoms. The lowest BCUT2D eigenvalue weighted by Gasteiger charge is -2.21. The maximum Gasteiger partial charge on any atom is 0.253 e. The average molecular weight is 320 g/mol. The zero-order valence-corrected chi connectivity index (χ0v) is 12.7. The minimum absolute atomic E-state index is 0.118. The normalized spacial score (nSPS) is 10.6. The van der Waals surface area contributed by atoms with Crippen LogP contribution in [0.15, 0.2) is 42.5 Å². The number of halogens is 1. The van der Waals surface area contributed by atoms with Crippen molar-refractivity contribution >= 4 is 32.6 Å². The number of carbonyl (C=O) groups is 1. The van der Waals surface area contributed by atoms with Gasteiger partial charge in [0.1, 0.15) is 0 Å². The topological polar surface area (TPSA) is 20.3 Å². The Morgan fingerprint density at radius 1 is 1.11 bits per heavy atom. The maximum atomic E-state index is 12.5. The molecular formula is C16H18BrNO. The zero-order valence-electron chi connectivity index (χ0n) is 11.1. The molecule has 0 fully saturated rings. The van der Waals surface area contributed by atoms with Gasteiger partial charge in [-0.05, 0) is 29.3 Å². The van der Waals surface area contributed by atoms with Gasteiger partial charge in [-0.3, -0.25) is 4.79 Å². The summed E-state index contributed by atoms with van der Waals surface area (Å²) in [5.41, 5.74) is 0.771. The van der Waals surface area contributed by atoms with Gasteiger partial charge in [0.15, 0.2) is 0 Å². The first kappa shape index (κ1) is 14.1. The molecule has 0 aliphatic carbocycles. The number of nitrogens with zero attached hydrogens (tertiary/aromatic N) is 1. The smallest absolute Gasteiger partial charge is 0.253 e. The Hall–Kier alpha value is -1.35. The molecule has 2 nitrogen and oxygen atoms in total. The summed E-state index contributed by atoms with van der Waals surface area (Å²) in [5.74, 6) is 0.118. The molecule has 100 valence electrons. The zero-order chi connectivity index (χ0) is 13.7. The highest BCUT2D eigenvalue weighted by atomic mass is 79.9. The summed E-state index contributed by atoms with van der Waals surface area (Å²) in [6, 6.07) is 14.0. The van der Waals surface area contributed by atoms with Gasteiger partial charge in [-0.2, -0.15) is 0 Å². The van der Waals surface area contributed by atoms with Crippen LogP contribution in [0, 0.1) is 0 Å². The van der Waals surface area contributed by atoms with E-state index in [1.165, 1.54) is 5.39 Å². The van der Waals surface area contributed by atoms with Crippen molar-refractivity contribution in [3.8, 4) is 0 Å². The Morgan fingerprint density at radius 2 is 1.84 bits per heavy atom. The predicted molar refractivity (Wildman–Crippen MR) is 83.9 cm³/mol. The molecule has 0 aliphatic rings. The van der Waals surface area contributed by atoms with Crippen LogP contribution in [-0.4, -0.2) is 29.2 Å². The standard InChI is InChI=1S/C16H18BrNO/c1-2-10-18(11-9-17)16(19)15-8-7-13-5-3-4-6-14(13)12-15/h3-8,12H,2,9-11H2,1H3. The van der Waals surface area contributed by atoms with E-state index >= 15 is 0 Å². The molecule has 3 heteroatoms. The molecule has 2 aromatic rings. The molecule has 0 heterocycles. The van der Waals surface area contributed by atoms with E-state index in [-0.39, 0.29) is 5.91 Å². The Balaban J connectivity index is 2.29. The molecule has 2 aromatic carbocycles. The Morgan fingerprint density at radius 3 is 2.53 bits per heavy atom. The lowest BCUT2D eigenvalue weighted by atomic mass is 10.1. The van der Waals surface area contributed by atoms with Crippen molar-refractivity contribution in [1.29, 1.82) is 0 Å². The number of hydrogen-bond acceptors (Lipinski definition) is 1. The number of hydrogen-bond donors (Lipinski definition) is 0. The monoisotopic (exact) mass is 319 g/mol. The van der Waals surface area contributed by atoms with Crippen molar-refractivity contribution in [3.63, 3.8) is 0 Å². The first-order chi connectivity index (χ1) is 9.26. The van der Waals surface area contributed by atoms with E-state index in [2.05, 4.69) is 28.9 Å². The molecule has 0 spiro atoms. The van der Waals surface area contributed by atoms with Crippen LogP contribution >= 0.6 is 15.9 Å². The molecule has 1 amide bonds. The van der Waals surface area contributed by atoms with Gasteiger partial charge in [-0.15, -0.1) is 0 Å². The molecule has 0 unspecified atom stereocenters. The van der Waals surface area contributed by atoms with Crippen LogP contribution in [0.25, 0.3) is 10.8 Å². The average Bonchev–Trinajstić information content (AvgIpc) is 2.46. The van der Waals surface area contributed by atoms with Crippen LogP contribution in [-0.2, 0) is 0 Å². The fourth-order valence-electron chi connectivity index (χ4n) is 2.19. The third-order valence-electron chi connectivity index (χ3n) is 3.13. The van der Waals surface area contributed by atoms with Crippen molar-refractivity contribution in [2.75, 3.05) is 18.4 Å². The second-order valence-corrected chi connectivity index (χ2v) is 5.34. The summed E-state index contributed by atoms with van der Waals surface area (Å²) in [7, 11) is 0. The minimum Gasteiger partial charge on any atom is -0.338 e. The highest BCUT2D eigenvalue weighted by Crippen LogP contribution is 2.17. The van der Waals surface area contributed by atoms with Gasteiger partial charge in [0, 0.05) is 24.0 Å². The Bertz CT molecular complexity index is 561. The first-order valence-electron chi connectivity index (χ1n) is 6.60. The molecule has 0 bridgehead atoms. The fraction of sp³-hybridized carbons (Fsp3) is 0.312. The molecule has 0 saturated carbocycles. The number of amides is 1. The number of rotatable bonds is 5. The second kappa shape index (κ2) is 6.71. The lowest BCUT2D eigenvalue weighted by molar-refractivity contribution is 0.0766. The van der Waals surface area contributed by atoms with Gasteiger partial charge < -0.3 is 4.90 Å². The number of alkyl halides is 1. The van der Waals surface area contributed by atoms with Gasteiger partial charge >= 0.3 is 0 Å². The van der Waals surface area contributed by atoms with E-state index in [0.29, 0.717) is 0 Å². The Labute approximate surface area is 122 Å². The Kier molecular flexibility index (Phi) is 4.97. The van der Waals surface area contributed by atoms with E-state index in [4.69, 9.17) is 0 Å². The van der Waals surface area contributed by atoms with E-state index in [0.717, 1.165) is 35.8 Å². The number of fused-ring (bicyclic) bond motifs is 1. The summed E-state index contributed by atoms with van der Waals surface area (Å²) in [6.07, 6.45) is 0.978. The van der Waals surface area contributed by atoms with Gasteiger partial charge in [-0.25, -0.2) is 0 Å². The van der Waals surface area contributed by atoms with Gasteiger partial charge in [0.05, 0.1) is 0 Å². The van der Waals surface area contributed by atoms with Crippen LogP contribution in [0.5, 0.6) is 0 Å². The van der Waals surface area contributed by atoms with Crippen molar-refractivity contribution in [3.05, 3.63) is 48.0 Å². The number of carbonyl (C=O) groups excluding carboxylic acids is 1. The molecule has 0 aromatic heterocycles. The maximum absolute atomic E-state index is 12.5. The third kappa shape index (κ3) is 3.35. The highest BCUT2D eigenvalue weighted by molar-refractivity contribution is 9.09. The SMILES string of the molecule is CCCN(CCBr)C(=O)c1ccc2ccccc2c1. The minimum atomic E-state index is 0.118. The largest absolute Gasteiger partial charge is 0.338 e. The summed E-state index contributed by atoms with van der Waals surface area (Å²) in [5, 5.41) is 3.09. The lowest BCUT2D eigenvalue weighted by Crippen LogP contribution is -2.33. The quantitative estimate of drug-likeness (QED) is 0.760. The van der Waals surface area contributed by atoms with Crippen molar-refractivity contribution in [1.82, 2.24) is 4.90 Å². The number of benzene rings is 2. The van der Waals surface area contributed by atoms with E-state index in [1.807, 2.05) is 41.3 Å². The highest BCUT2D eigenvalue weighted by Gasteiger charge is 2.14. The van der Waals surface area contributed by atoms with Crippen LogP contribution in [0.3, 0.4) is 0 Å². The van der Waals surface area contributed by atoms with Crippen molar-refractivity contribution in [2.45, 2.75) is 13.3 Å². The van der Waals surface area contributed by atoms with E-state index in [1.54, 1.807) is 0 Å². The van der Waals surface area contributed by atoms with Crippen molar-refractivity contribution < 1.29 is 4.79 Å². The molecule has 0 N–H and O–H groups in total. The second-order valence-electron chi connectivity index (χ2n) is 4.54. The van der Waals surface area contributed by atoms with Gasteiger partial charge in [0.25, 0.3) is 5.91 Å². The van der Waals surface area contributed by atoms with Crippen LogP contribution in [0.2, 0.25) is 0 Å². The molecule has 0 radical (unpaired) electrons. The van der Waals surface area contributed by atoms with Crippen molar-refractivity contribution in [2.24, 2.45) is 0 Å². The predicted octanol–water partition coefficient (Wildman–Crippen LogP) is 4.09. The molecule has 0 atom stereocenters. The van der Waals surface area contributed by atoms with Crippen LogP contribution in [0.4, 0.5) is 0 Å². The van der Waals surface area contributed by atoms with Gasteiger partial charge in [-0.1, -0.05) is 53.2 Å². The molecular weight excluding hydrogens is 302 g/mol. The van der Waals surface area contributed by atoms with E-state index in [9.17, 15) is 4.79 Å². The summed E-state index contributed by atoms with van der Waals surface area (Å²) in [4.78, 5) is 14.4. The molecule has 0 aliphatic heterocycles. The summed E-state index contributed by atoms with van der Waals surface area (Å²) >= 11 is 3.41. The summed E-state index contributed by atoms with van der Waals surface area (Å²) < 4.78 is 0. The van der Waals surface area contributed by atoms with Gasteiger partial charge in [0.2, 0.25) is 0 Å².